The molecular weight excluding hydrogens is 250 g/mol. The number of nitrogens with one attached hydrogen (secondary N) is 1. The van der Waals surface area contributed by atoms with Crippen LogP contribution in [0.4, 0.5) is 0 Å². The number of sulfone groups is 1. The van der Waals surface area contributed by atoms with Crippen LogP contribution in [-0.4, -0.2) is 36.2 Å². The van der Waals surface area contributed by atoms with Gasteiger partial charge in [0.1, 0.15) is 0 Å². The fourth-order valence-corrected chi connectivity index (χ4v) is 2.38. The van der Waals surface area contributed by atoms with Crippen LogP contribution in [0.15, 0.2) is 6.20 Å². The van der Waals surface area contributed by atoms with Crippen LogP contribution in [0.1, 0.15) is 31.5 Å². The average molecular weight is 273 g/mol. The normalized spacial score (nSPS) is 11.9. The molecule has 0 spiro atoms. The lowest BCUT2D eigenvalue weighted by atomic mass is 10.2. The second-order valence-corrected chi connectivity index (χ2v) is 6.89. The smallest absolute Gasteiger partial charge is 0.151 e. The molecule has 104 valence electrons. The first kappa shape index (κ1) is 15.2. The predicted octanol–water partition coefficient (Wildman–Crippen LogP) is 1.13. The van der Waals surface area contributed by atoms with Gasteiger partial charge in [0, 0.05) is 24.1 Å². The van der Waals surface area contributed by atoms with Crippen LogP contribution >= 0.6 is 0 Å². The Hall–Kier alpha value is -0.880. The van der Waals surface area contributed by atoms with Gasteiger partial charge in [-0.2, -0.15) is 5.10 Å². The zero-order valence-corrected chi connectivity index (χ0v) is 12.3. The van der Waals surface area contributed by atoms with Gasteiger partial charge >= 0.3 is 0 Å². The fraction of sp³-hybridized carbons (Fsp3) is 0.750. The van der Waals surface area contributed by atoms with E-state index in [0.29, 0.717) is 6.54 Å². The summed E-state index contributed by atoms with van der Waals surface area (Å²) in [7, 11) is -2.92. The number of nitrogens with zero attached hydrogens (tertiary/aromatic N) is 2. The molecule has 1 rings (SSSR count). The van der Waals surface area contributed by atoms with E-state index >= 15 is 0 Å². The molecule has 0 aliphatic heterocycles. The van der Waals surface area contributed by atoms with Crippen molar-refractivity contribution in [3.8, 4) is 0 Å². The largest absolute Gasteiger partial charge is 0.313 e. The fourth-order valence-electron chi connectivity index (χ4n) is 1.62. The Morgan fingerprint density at radius 3 is 2.72 bits per heavy atom. The van der Waals surface area contributed by atoms with Gasteiger partial charge in [-0.25, -0.2) is 8.42 Å². The maximum absolute atomic E-state index is 11.4. The van der Waals surface area contributed by atoms with Crippen LogP contribution < -0.4 is 5.32 Å². The first-order valence-electron chi connectivity index (χ1n) is 6.42. The Morgan fingerprint density at radius 1 is 1.39 bits per heavy atom. The Morgan fingerprint density at radius 2 is 2.11 bits per heavy atom. The van der Waals surface area contributed by atoms with Gasteiger partial charge in [-0.15, -0.1) is 0 Å². The summed E-state index contributed by atoms with van der Waals surface area (Å²) in [5.41, 5.74) is 2.10. The van der Waals surface area contributed by atoms with Gasteiger partial charge < -0.3 is 5.32 Å². The molecule has 0 atom stereocenters. The minimum atomic E-state index is -2.92. The van der Waals surface area contributed by atoms with Crippen LogP contribution in [0.5, 0.6) is 0 Å². The summed E-state index contributed by atoms with van der Waals surface area (Å²) in [6.45, 7) is 7.95. The van der Waals surface area contributed by atoms with Crippen molar-refractivity contribution in [3.63, 3.8) is 0 Å². The van der Waals surface area contributed by atoms with Crippen molar-refractivity contribution < 1.29 is 8.42 Å². The maximum atomic E-state index is 11.4. The summed E-state index contributed by atoms with van der Waals surface area (Å²) in [4.78, 5) is 0. The quantitative estimate of drug-likeness (QED) is 0.721. The molecular formula is C12H23N3O2S. The van der Waals surface area contributed by atoms with Gasteiger partial charge in [-0.05, 0) is 19.9 Å². The third-order valence-corrected chi connectivity index (χ3v) is 4.55. The zero-order chi connectivity index (χ0) is 13.6. The SMILES string of the molecule is CCCNCc1cn(CCS(=O)(=O)CC)nc1C. The minimum Gasteiger partial charge on any atom is -0.313 e. The number of rotatable bonds is 8. The lowest BCUT2D eigenvalue weighted by Gasteiger charge is -2.01. The average Bonchev–Trinajstić information content (AvgIpc) is 2.69. The molecule has 0 fully saturated rings. The highest BCUT2D eigenvalue weighted by Gasteiger charge is 2.09. The van der Waals surface area contributed by atoms with Gasteiger partial charge in [0.2, 0.25) is 0 Å². The van der Waals surface area contributed by atoms with Crippen molar-refractivity contribution in [2.45, 2.75) is 40.3 Å². The highest BCUT2D eigenvalue weighted by atomic mass is 32.2. The highest BCUT2D eigenvalue weighted by Crippen LogP contribution is 2.05. The molecule has 0 bridgehead atoms. The highest BCUT2D eigenvalue weighted by molar-refractivity contribution is 7.91. The van der Waals surface area contributed by atoms with E-state index in [-0.39, 0.29) is 11.5 Å². The van der Waals surface area contributed by atoms with E-state index in [1.807, 2.05) is 13.1 Å². The van der Waals surface area contributed by atoms with E-state index in [9.17, 15) is 8.42 Å². The topological polar surface area (TPSA) is 64.0 Å². The Bertz CT molecular complexity index is 466. The molecule has 1 N–H and O–H groups in total. The van der Waals surface area contributed by atoms with Crippen molar-refractivity contribution in [1.82, 2.24) is 15.1 Å². The molecule has 6 heteroatoms. The molecule has 5 nitrogen and oxygen atoms in total. The molecule has 0 aliphatic rings. The second-order valence-electron chi connectivity index (χ2n) is 4.42. The third-order valence-electron chi connectivity index (χ3n) is 2.86. The van der Waals surface area contributed by atoms with Crippen LogP contribution in [0.3, 0.4) is 0 Å². The molecule has 0 aliphatic carbocycles. The molecule has 1 aromatic rings. The lowest BCUT2D eigenvalue weighted by Crippen LogP contribution is -2.15. The third kappa shape index (κ3) is 4.78. The van der Waals surface area contributed by atoms with Gasteiger partial charge in [-0.1, -0.05) is 13.8 Å². The van der Waals surface area contributed by atoms with Crippen molar-refractivity contribution in [2.75, 3.05) is 18.1 Å². The summed E-state index contributed by atoms with van der Waals surface area (Å²) < 4.78 is 24.6. The van der Waals surface area contributed by atoms with Crippen molar-refractivity contribution >= 4 is 9.84 Å². The second kappa shape index (κ2) is 6.89. The molecule has 1 aromatic heterocycles. The Kier molecular flexibility index (Phi) is 5.81. The minimum absolute atomic E-state index is 0.159. The molecule has 0 unspecified atom stereocenters. The van der Waals surface area contributed by atoms with E-state index in [1.54, 1.807) is 11.6 Å². The first-order chi connectivity index (χ1) is 8.48. The number of aromatic nitrogens is 2. The summed E-state index contributed by atoms with van der Waals surface area (Å²) in [6, 6.07) is 0. The number of aryl methyl sites for hydroxylation is 2. The molecule has 0 saturated heterocycles. The molecule has 18 heavy (non-hydrogen) atoms. The first-order valence-corrected chi connectivity index (χ1v) is 8.24. The monoisotopic (exact) mass is 273 g/mol. The van der Waals surface area contributed by atoms with Gasteiger partial charge in [-0.3, -0.25) is 4.68 Å². The van der Waals surface area contributed by atoms with Gasteiger partial charge in [0.15, 0.2) is 9.84 Å². The van der Waals surface area contributed by atoms with Crippen LogP contribution in [-0.2, 0) is 22.9 Å². The maximum Gasteiger partial charge on any atom is 0.151 e. The number of hydrogen-bond donors (Lipinski definition) is 1. The summed E-state index contributed by atoms with van der Waals surface area (Å²) in [6.07, 6.45) is 3.03. The molecule has 0 amide bonds. The molecule has 0 radical (unpaired) electrons. The lowest BCUT2D eigenvalue weighted by molar-refractivity contribution is 0.580. The summed E-state index contributed by atoms with van der Waals surface area (Å²) in [5.74, 6) is 0.352. The molecule has 0 saturated carbocycles. The van der Waals surface area contributed by atoms with E-state index in [4.69, 9.17) is 0 Å². The van der Waals surface area contributed by atoms with E-state index in [1.165, 1.54) is 0 Å². The zero-order valence-electron chi connectivity index (χ0n) is 11.4. The van der Waals surface area contributed by atoms with E-state index < -0.39 is 9.84 Å². The van der Waals surface area contributed by atoms with E-state index in [2.05, 4.69) is 17.3 Å². The summed E-state index contributed by atoms with van der Waals surface area (Å²) in [5, 5.41) is 7.66. The van der Waals surface area contributed by atoms with Gasteiger partial charge in [0.25, 0.3) is 0 Å². The van der Waals surface area contributed by atoms with Crippen LogP contribution in [0, 0.1) is 6.92 Å². The summed E-state index contributed by atoms with van der Waals surface area (Å²) >= 11 is 0. The van der Waals surface area contributed by atoms with Crippen molar-refractivity contribution in [3.05, 3.63) is 17.5 Å². The van der Waals surface area contributed by atoms with Crippen LogP contribution in [0.25, 0.3) is 0 Å². The van der Waals surface area contributed by atoms with Crippen molar-refractivity contribution in [1.29, 1.82) is 0 Å². The molecule has 1 heterocycles. The van der Waals surface area contributed by atoms with Crippen LogP contribution in [0.2, 0.25) is 0 Å². The standard InChI is InChI=1S/C12H23N3O2S/c1-4-6-13-9-12-10-15(14-11(12)3)7-8-18(16,17)5-2/h10,13H,4-9H2,1-3H3. The Labute approximate surface area is 109 Å². The Balaban J connectivity index is 2.55. The van der Waals surface area contributed by atoms with E-state index in [0.717, 1.165) is 30.8 Å². The van der Waals surface area contributed by atoms with Crippen molar-refractivity contribution in [2.24, 2.45) is 0 Å². The number of hydrogen-bond acceptors (Lipinski definition) is 4. The molecule has 0 aromatic carbocycles. The predicted molar refractivity (Wildman–Crippen MR) is 73.3 cm³/mol. The van der Waals surface area contributed by atoms with Gasteiger partial charge in [0.05, 0.1) is 18.0 Å².